The Balaban J connectivity index is 2.43. The molecule has 5 nitrogen and oxygen atoms in total. The molecule has 0 heterocycles. The number of benzene rings is 2. The Morgan fingerprint density at radius 2 is 1.59 bits per heavy atom. The van der Waals surface area contributed by atoms with Gasteiger partial charge in [0.2, 0.25) is 10.0 Å². The quantitative estimate of drug-likeness (QED) is 0.762. The van der Waals surface area contributed by atoms with Crippen molar-refractivity contribution in [3.05, 3.63) is 57.6 Å². The summed E-state index contributed by atoms with van der Waals surface area (Å²) in [6.45, 7) is 10.1. The molecule has 7 heteroatoms. The van der Waals surface area contributed by atoms with Crippen LogP contribution in [-0.4, -0.2) is 31.7 Å². The molecule has 0 unspecified atom stereocenters. The minimum Gasteiger partial charge on any atom is -0.321 e. The second kappa shape index (κ2) is 8.42. The van der Waals surface area contributed by atoms with Gasteiger partial charge in [-0.3, -0.25) is 4.79 Å². The van der Waals surface area contributed by atoms with Crippen LogP contribution in [0.2, 0.25) is 5.02 Å². The van der Waals surface area contributed by atoms with E-state index in [2.05, 4.69) is 5.32 Å². The topological polar surface area (TPSA) is 66.5 Å². The summed E-state index contributed by atoms with van der Waals surface area (Å²) >= 11 is 6.19. The summed E-state index contributed by atoms with van der Waals surface area (Å²) in [5.74, 6) is -0.438. The van der Waals surface area contributed by atoms with E-state index in [9.17, 15) is 13.2 Å². The molecule has 2 rings (SSSR count). The maximum absolute atomic E-state index is 12.8. The highest BCUT2D eigenvalue weighted by Gasteiger charge is 2.24. The second-order valence-electron chi connectivity index (χ2n) is 6.46. The molecule has 0 aliphatic carbocycles. The average Bonchev–Trinajstić information content (AvgIpc) is 2.58. The zero-order valence-corrected chi connectivity index (χ0v) is 17.8. The number of sulfonamides is 1. The highest BCUT2D eigenvalue weighted by molar-refractivity contribution is 7.89. The molecule has 2 aromatic carbocycles. The predicted molar refractivity (Wildman–Crippen MR) is 110 cm³/mol. The molecule has 0 bridgehead atoms. The highest BCUT2D eigenvalue weighted by atomic mass is 35.5. The first-order valence-corrected chi connectivity index (χ1v) is 10.6. The molecule has 2 aromatic rings. The van der Waals surface area contributed by atoms with Crippen molar-refractivity contribution in [2.75, 3.05) is 18.4 Å². The van der Waals surface area contributed by atoms with Gasteiger partial charge in [-0.25, -0.2) is 8.42 Å². The molecule has 146 valence electrons. The highest BCUT2D eigenvalue weighted by Crippen LogP contribution is 2.26. The maximum Gasteiger partial charge on any atom is 0.257 e. The summed E-state index contributed by atoms with van der Waals surface area (Å²) in [6, 6.07) is 8.16. The Hall–Kier alpha value is -1.89. The molecule has 0 atom stereocenters. The van der Waals surface area contributed by atoms with Gasteiger partial charge in [0.1, 0.15) is 0 Å². The van der Waals surface area contributed by atoms with E-state index in [1.807, 2.05) is 32.9 Å². The molecule has 1 amide bonds. The number of nitrogens with one attached hydrogen (secondary N) is 1. The van der Waals surface area contributed by atoms with E-state index in [-0.39, 0.29) is 15.5 Å². The van der Waals surface area contributed by atoms with Crippen molar-refractivity contribution in [3.8, 4) is 0 Å². The van der Waals surface area contributed by atoms with Crippen molar-refractivity contribution in [2.45, 2.75) is 39.5 Å². The first kappa shape index (κ1) is 21.4. The van der Waals surface area contributed by atoms with Crippen LogP contribution in [0.1, 0.15) is 40.9 Å². The van der Waals surface area contributed by atoms with Gasteiger partial charge >= 0.3 is 0 Å². The van der Waals surface area contributed by atoms with Gasteiger partial charge in [0.25, 0.3) is 5.91 Å². The summed E-state index contributed by atoms with van der Waals surface area (Å²) < 4.78 is 26.8. The van der Waals surface area contributed by atoms with E-state index in [1.54, 1.807) is 13.8 Å². The van der Waals surface area contributed by atoms with Gasteiger partial charge in [0, 0.05) is 18.8 Å². The number of hydrogen-bond donors (Lipinski definition) is 1. The first-order valence-electron chi connectivity index (χ1n) is 8.80. The summed E-state index contributed by atoms with van der Waals surface area (Å²) in [5.41, 5.74) is 3.81. The summed E-state index contributed by atoms with van der Waals surface area (Å²) in [5, 5.41) is 3.07. The standard InChI is InChI=1S/C20H25ClN2O3S/c1-6-23(7-2)27(25,26)16-8-9-18(21)17(12-16)20(24)22-19-14(4)10-13(3)11-15(19)5/h8-12H,6-7H2,1-5H3,(H,22,24). The third-order valence-corrected chi connectivity index (χ3v) is 6.82. The number of rotatable bonds is 6. The fraction of sp³-hybridized carbons (Fsp3) is 0.350. The van der Waals surface area contributed by atoms with Crippen molar-refractivity contribution in [3.63, 3.8) is 0 Å². The van der Waals surface area contributed by atoms with Crippen LogP contribution >= 0.6 is 11.6 Å². The molecule has 0 saturated carbocycles. The number of aryl methyl sites for hydroxylation is 3. The van der Waals surface area contributed by atoms with E-state index in [0.29, 0.717) is 18.8 Å². The van der Waals surface area contributed by atoms with Gasteiger partial charge in [-0.2, -0.15) is 4.31 Å². The maximum atomic E-state index is 12.8. The molecule has 0 spiro atoms. The molecular formula is C20H25ClN2O3S. The van der Waals surface area contributed by atoms with Crippen molar-refractivity contribution < 1.29 is 13.2 Å². The van der Waals surface area contributed by atoms with Crippen LogP contribution in [-0.2, 0) is 10.0 Å². The van der Waals surface area contributed by atoms with Gasteiger partial charge in [0.15, 0.2) is 0 Å². The van der Waals surface area contributed by atoms with Gasteiger partial charge in [-0.15, -0.1) is 0 Å². The number of carbonyl (C=O) groups is 1. The molecule has 1 N–H and O–H groups in total. The molecule has 27 heavy (non-hydrogen) atoms. The fourth-order valence-electron chi connectivity index (χ4n) is 3.11. The summed E-state index contributed by atoms with van der Waals surface area (Å²) in [6.07, 6.45) is 0. The van der Waals surface area contributed by atoms with Crippen molar-refractivity contribution in [1.82, 2.24) is 4.31 Å². The Labute approximate surface area is 166 Å². The van der Waals surface area contributed by atoms with E-state index in [4.69, 9.17) is 11.6 Å². The lowest BCUT2D eigenvalue weighted by atomic mass is 10.0. The largest absolute Gasteiger partial charge is 0.321 e. The van der Waals surface area contributed by atoms with E-state index < -0.39 is 15.9 Å². The SMILES string of the molecule is CCN(CC)S(=O)(=O)c1ccc(Cl)c(C(=O)Nc2c(C)cc(C)cc2C)c1. The molecular weight excluding hydrogens is 384 g/mol. The smallest absolute Gasteiger partial charge is 0.257 e. The minimum atomic E-state index is -3.67. The third-order valence-electron chi connectivity index (χ3n) is 4.44. The number of halogens is 1. The molecule has 0 saturated heterocycles. The summed E-state index contributed by atoms with van der Waals surface area (Å²) in [4.78, 5) is 12.9. The van der Waals surface area contributed by atoms with Crippen LogP contribution in [0, 0.1) is 20.8 Å². The van der Waals surface area contributed by atoms with Crippen LogP contribution < -0.4 is 5.32 Å². The number of anilines is 1. The lowest BCUT2D eigenvalue weighted by Crippen LogP contribution is -2.30. The van der Waals surface area contributed by atoms with Crippen LogP contribution in [0.15, 0.2) is 35.2 Å². The van der Waals surface area contributed by atoms with Crippen LogP contribution in [0.3, 0.4) is 0 Å². The predicted octanol–water partition coefficient (Wildman–Crippen LogP) is 4.55. The van der Waals surface area contributed by atoms with Gasteiger partial charge in [0.05, 0.1) is 15.5 Å². The number of nitrogens with zero attached hydrogens (tertiary/aromatic N) is 1. The third kappa shape index (κ3) is 4.51. The Bertz CT molecular complexity index is 944. The van der Waals surface area contributed by atoms with E-state index in [1.165, 1.54) is 22.5 Å². The lowest BCUT2D eigenvalue weighted by molar-refractivity contribution is 0.102. The summed E-state index contributed by atoms with van der Waals surface area (Å²) in [7, 11) is -3.67. The van der Waals surface area contributed by atoms with Crippen molar-refractivity contribution in [1.29, 1.82) is 0 Å². The monoisotopic (exact) mass is 408 g/mol. The van der Waals surface area contributed by atoms with Crippen molar-refractivity contribution in [2.24, 2.45) is 0 Å². The zero-order chi connectivity index (χ0) is 20.4. The Kier molecular flexibility index (Phi) is 6.68. The number of carbonyl (C=O) groups excluding carboxylic acids is 1. The molecule has 0 fully saturated rings. The van der Waals surface area contributed by atoms with Crippen LogP contribution in [0.25, 0.3) is 0 Å². The molecule has 0 aliphatic rings. The first-order chi connectivity index (χ1) is 12.6. The van der Waals surface area contributed by atoms with Crippen LogP contribution in [0.4, 0.5) is 5.69 Å². The van der Waals surface area contributed by atoms with Gasteiger partial charge in [-0.05, 0) is 50.1 Å². The number of amides is 1. The van der Waals surface area contributed by atoms with Crippen molar-refractivity contribution >= 4 is 33.2 Å². The number of hydrogen-bond acceptors (Lipinski definition) is 3. The zero-order valence-electron chi connectivity index (χ0n) is 16.3. The molecule has 0 aromatic heterocycles. The van der Waals surface area contributed by atoms with E-state index in [0.717, 1.165) is 16.7 Å². The fourth-order valence-corrected chi connectivity index (χ4v) is 4.80. The minimum absolute atomic E-state index is 0.0538. The van der Waals surface area contributed by atoms with Gasteiger partial charge < -0.3 is 5.32 Å². The van der Waals surface area contributed by atoms with Gasteiger partial charge in [-0.1, -0.05) is 43.1 Å². The Morgan fingerprint density at radius 3 is 2.11 bits per heavy atom. The Morgan fingerprint density at radius 1 is 1.04 bits per heavy atom. The molecule has 0 radical (unpaired) electrons. The molecule has 0 aliphatic heterocycles. The van der Waals surface area contributed by atoms with E-state index >= 15 is 0 Å². The normalized spacial score (nSPS) is 11.7. The van der Waals surface area contributed by atoms with Crippen LogP contribution in [0.5, 0.6) is 0 Å². The second-order valence-corrected chi connectivity index (χ2v) is 8.80. The average molecular weight is 409 g/mol. The lowest BCUT2D eigenvalue weighted by Gasteiger charge is -2.19.